The number of fused-ring (bicyclic) bond motifs is 1. The average molecular weight is 269 g/mol. The Morgan fingerprint density at radius 1 is 1.25 bits per heavy atom. The van der Waals surface area contributed by atoms with Crippen LogP contribution in [0.5, 0.6) is 5.88 Å². The Kier molecular flexibility index (Phi) is 3.25. The highest BCUT2D eigenvalue weighted by molar-refractivity contribution is 5.77. The summed E-state index contributed by atoms with van der Waals surface area (Å²) in [6.07, 6.45) is 1.68. The standard InChI is InChI=1S/C15H15N3O2/c1-18(15-16-8-7-14(17-15)19-2)10-12-9-11-5-3-4-6-13(11)20-12/h3-9H,10H2,1-2H3. The SMILES string of the molecule is COc1ccnc(N(C)Cc2cc3ccccc3o2)n1. The van der Waals surface area contributed by atoms with Crippen LogP contribution in [0.25, 0.3) is 11.0 Å². The van der Waals surface area contributed by atoms with E-state index in [9.17, 15) is 0 Å². The predicted octanol–water partition coefficient (Wildman–Crippen LogP) is 2.87. The van der Waals surface area contributed by atoms with Gasteiger partial charge >= 0.3 is 0 Å². The maximum atomic E-state index is 5.79. The number of hydrogen-bond acceptors (Lipinski definition) is 5. The minimum atomic E-state index is 0.548. The van der Waals surface area contributed by atoms with Crippen molar-refractivity contribution in [3.63, 3.8) is 0 Å². The number of hydrogen-bond donors (Lipinski definition) is 0. The Labute approximate surface area is 116 Å². The van der Waals surface area contributed by atoms with Gasteiger partial charge in [-0.2, -0.15) is 4.98 Å². The fraction of sp³-hybridized carbons (Fsp3) is 0.200. The first-order chi connectivity index (χ1) is 9.76. The Balaban J connectivity index is 1.82. The van der Waals surface area contributed by atoms with Crippen LogP contribution in [0, 0.1) is 0 Å². The van der Waals surface area contributed by atoms with E-state index in [0.29, 0.717) is 18.4 Å². The maximum absolute atomic E-state index is 5.79. The summed E-state index contributed by atoms with van der Waals surface area (Å²) in [5, 5.41) is 1.10. The second-order valence-electron chi connectivity index (χ2n) is 4.51. The van der Waals surface area contributed by atoms with Crippen LogP contribution < -0.4 is 9.64 Å². The van der Waals surface area contributed by atoms with Crippen LogP contribution in [0.3, 0.4) is 0 Å². The molecule has 0 unspecified atom stereocenters. The third kappa shape index (κ3) is 2.42. The van der Waals surface area contributed by atoms with Crippen LogP contribution in [0.4, 0.5) is 5.95 Å². The highest BCUT2D eigenvalue weighted by Gasteiger charge is 2.10. The van der Waals surface area contributed by atoms with Crippen molar-refractivity contribution in [2.45, 2.75) is 6.54 Å². The lowest BCUT2D eigenvalue weighted by Gasteiger charge is -2.15. The zero-order valence-corrected chi connectivity index (χ0v) is 11.4. The van der Waals surface area contributed by atoms with E-state index in [-0.39, 0.29) is 0 Å². The maximum Gasteiger partial charge on any atom is 0.228 e. The van der Waals surface area contributed by atoms with Gasteiger partial charge < -0.3 is 14.1 Å². The summed E-state index contributed by atoms with van der Waals surface area (Å²) in [5.41, 5.74) is 0.891. The third-order valence-electron chi connectivity index (χ3n) is 3.04. The lowest BCUT2D eigenvalue weighted by molar-refractivity contribution is 0.396. The molecule has 3 aromatic rings. The normalized spacial score (nSPS) is 10.7. The van der Waals surface area contributed by atoms with Gasteiger partial charge in [0.05, 0.1) is 13.7 Å². The molecule has 0 atom stereocenters. The number of rotatable bonds is 4. The van der Waals surface area contributed by atoms with E-state index in [1.165, 1.54) is 0 Å². The predicted molar refractivity (Wildman–Crippen MR) is 76.9 cm³/mol. The first-order valence-corrected chi connectivity index (χ1v) is 6.32. The van der Waals surface area contributed by atoms with Crippen LogP contribution in [0.1, 0.15) is 5.76 Å². The number of furan rings is 1. The zero-order chi connectivity index (χ0) is 13.9. The molecular weight excluding hydrogens is 254 g/mol. The molecule has 0 aliphatic rings. The Morgan fingerprint density at radius 2 is 2.10 bits per heavy atom. The molecule has 0 saturated heterocycles. The van der Waals surface area contributed by atoms with Crippen molar-refractivity contribution in [3.8, 4) is 5.88 Å². The van der Waals surface area contributed by atoms with Gasteiger partial charge in [-0.15, -0.1) is 0 Å². The first-order valence-electron chi connectivity index (χ1n) is 6.32. The highest BCUT2D eigenvalue weighted by Crippen LogP contribution is 2.21. The summed E-state index contributed by atoms with van der Waals surface area (Å²) in [5.74, 6) is 2.02. The van der Waals surface area contributed by atoms with Gasteiger partial charge in [-0.1, -0.05) is 18.2 Å². The highest BCUT2D eigenvalue weighted by atomic mass is 16.5. The number of anilines is 1. The van der Waals surface area contributed by atoms with Crippen molar-refractivity contribution in [2.75, 3.05) is 19.1 Å². The van der Waals surface area contributed by atoms with Crippen molar-refractivity contribution < 1.29 is 9.15 Å². The van der Waals surface area contributed by atoms with E-state index in [2.05, 4.69) is 9.97 Å². The molecular formula is C15H15N3O2. The van der Waals surface area contributed by atoms with E-state index < -0.39 is 0 Å². The Morgan fingerprint density at radius 3 is 2.90 bits per heavy atom. The van der Waals surface area contributed by atoms with Crippen molar-refractivity contribution in [1.29, 1.82) is 0 Å². The third-order valence-corrected chi connectivity index (χ3v) is 3.04. The van der Waals surface area contributed by atoms with Crippen molar-refractivity contribution in [1.82, 2.24) is 9.97 Å². The number of ether oxygens (including phenoxy) is 1. The molecule has 0 N–H and O–H groups in total. The smallest absolute Gasteiger partial charge is 0.228 e. The van der Waals surface area contributed by atoms with Gasteiger partial charge in [0.15, 0.2) is 0 Å². The minimum Gasteiger partial charge on any atom is -0.481 e. The molecule has 0 fully saturated rings. The summed E-state index contributed by atoms with van der Waals surface area (Å²) in [6, 6.07) is 11.7. The summed E-state index contributed by atoms with van der Waals surface area (Å²) < 4.78 is 10.9. The number of para-hydroxylation sites is 1. The molecule has 0 aliphatic carbocycles. The number of benzene rings is 1. The molecule has 3 rings (SSSR count). The summed E-state index contributed by atoms with van der Waals surface area (Å²) in [4.78, 5) is 10.4. The molecule has 2 heterocycles. The molecule has 2 aromatic heterocycles. The molecule has 5 heteroatoms. The molecule has 0 saturated carbocycles. The minimum absolute atomic E-state index is 0.548. The van der Waals surface area contributed by atoms with Crippen molar-refractivity contribution >= 4 is 16.9 Å². The lowest BCUT2D eigenvalue weighted by Crippen LogP contribution is -2.18. The van der Waals surface area contributed by atoms with Crippen molar-refractivity contribution in [3.05, 3.63) is 48.4 Å². The molecule has 5 nitrogen and oxygen atoms in total. The largest absolute Gasteiger partial charge is 0.481 e. The van der Waals surface area contributed by atoms with Crippen LogP contribution in [0.15, 0.2) is 47.0 Å². The summed E-state index contributed by atoms with van der Waals surface area (Å²) in [6.45, 7) is 0.599. The van der Waals surface area contributed by atoms with Gasteiger partial charge in [-0.3, -0.25) is 0 Å². The van der Waals surface area contributed by atoms with Gasteiger partial charge in [0.1, 0.15) is 11.3 Å². The molecule has 0 aliphatic heterocycles. The molecule has 0 bridgehead atoms. The lowest BCUT2D eigenvalue weighted by atomic mass is 10.2. The van der Waals surface area contributed by atoms with Crippen LogP contribution in [0.2, 0.25) is 0 Å². The second-order valence-corrected chi connectivity index (χ2v) is 4.51. The number of nitrogens with zero attached hydrogens (tertiary/aromatic N) is 3. The van der Waals surface area contributed by atoms with Gasteiger partial charge in [-0.25, -0.2) is 4.98 Å². The molecule has 0 amide bonds. The van der Waals surface area contributed by atoms with Crippen LogP contribution in [-0.2, 0) is 6.54 Å². The van der Waals surface area contributed by atoms with Crippen LogP contribution >= 0.6 is 0 Å². The topological polar surface area (TPSA) is 51.4 Å². The molecule has 1 aromatic carbocycles. The van der Waals surface area contributed by atoms with Crippen molar-refractivity contribution in [2.24, 2.45) is 0 Å². The van der Waals surface area contributed by atoms with Crippen LogP contribution in [-0.4, -0.2) is 24.1 Å². The molecule has 102 valence electrons. The second kappa shape index (κ2) is 5.21. The fourth-order valence-electron chi connectivity index (χ4n) is 2.05. The van der Waals surface area contributed by atoms with E-state index >= 15 is 0 Å². The van der Waals surface area contributed by atoms with E-state index in [1.807, 2.05) is 42.3 Å². The monoisotopic (exact) mass is 269 g/mol. The molecule has 0 radical (unpaired) electrons. The number of methoxy groups -OCH3 is 1. The summed E-state index contributed by atoms with van der Waals surface area (Å²) in [7, 11) is 3.51. The van der Waals surface area contributed by atoms with Gasteiger partial charge in [0.25, 0.3) is 0 Å². The van der Waals surface area contributed by atoms with Gasteiger partial charge in [0.2, 0.25) is 11.8 Å². The van der Waals surface area contributed by atoms with E-state index in [1.54, 1.807) is 19.4 Å². The first kappa shape index (κ1) is 12.5. The molecule has 0 spiro atoms. The fourth-order valence-corrected chi connectivity index (χ4v) is 2.05. The average Bonchev–Trinajstić information content (AvgIpc) is 2.89. The molecule has 20 heavy (non-hydrogen) atoms. The van der Waals surface area contributed by atoms with E-state index in [4.69, 9.17) is 9.15 Å². The zero-order valence-electron chi connectivity index (χ0n) is 11.4. The quantitative estimate of drug-likeness (QED) is 0.729. The Bertz CT molecular complexity index is 691. The van der Waals surface area contributed by atoms with Gasteiger partial charge in [-0.05, 0) is 12.1 Å². The van der Waals surface area contributed by atoms with E-state index in [0.717, 1.165) is 16.7 Å². The van der Waals surface area contributed by atoms with Gasteiger partial charge in [0, 0.05) is 24.7 Å². The Hall–Kier alpha value is -2.56. The summed E-state index contributed by atoms with van der Waals surface area (Å²) >= 11 is 0. The number of aromatic nitrogens is 2.